The van der Waals surface area contributed by atoms with E-state index in [1.165, 1.54) is 11.3 Å². The van der Waals surface area contributed by atoms with Crippen molar-refractivity contribution in [2.24, 2.45) is 0 Å². The highest BCUT2D eigenvalue weighted by atomic mass is 15.0. The van der Waals surface area contributed by atoms with E-state index in [1.54, 1.807) is 6.33 Å². The number of pyridine rings is 1. The van der Waals surface area contributed by atoms with Gasteiger partial charge < -0.3 is 10.3 Å². The van der Waals surface area contributed by atoms with Gasteiger partial charge in [0.05, 0.1) is 30.0 Å². The summed E-state index contributed by atoms with van der Waals surface area (Å²) in [6.45, 7) is 0. The number of nitrogens with zero attached hydrogens (tertiary/aromatic N) is 2. The molecule has 0 saturated carbocycles. The predicted octanol–water partition coefficient (Wildman–Crippen LogP) is 3.57. The molecule has 1 aliphatic carbocycles. The highest BCUT2D eigenvalue weighted by molar-refractivity contribution is 5.62. The van der Waals surface area contributed by atoms with Crippen molar-refractivity contribution in [1.82, 2.24) is 15.0 Å². The third kappa shape index (κ3) is 2.29. The summed E-state index contributed by atoms with van der Waals surface area (Å²) >= 11 is 0. The third-order valence-corrected chi connectivity index (χ3v) is 3.99. The number of hydrogen-bond acceptors (Lipinski definition) is 3. The Balaban J connectivity index is 1.53. The first-order valence-electron chi connectivity index (χ1n) is 7.19. The van der Waals surface area contributed by atoms with Gasteiger partial charge in [-0.05, 0) is 42.2 Å². The minimum atomic E-state index is 0.319. The molecule has 2 aromatic heterocycles. The lowest BCUT2D eigenvalue weighted by Gasteiger charge is -2.14. The molecule has 4 rings (SSSR count). The molecule has 2 heterocycles. The first kappa shape index (κ1) is 12.1. The summed E-state index contributed by atoms with van der Waals surface area (Å²) in [5.41, 5.74) is 5.86. The number of H-pyrrole nitrogens is 1. The summed E-state index contributed by atoms with van der Waals surface area (Å²) in [6.07, 6.45) is 7.62. The Morgan fingerprint density at radius 2 is 2.05 bits per heavy atom. The number of anilines is 1. The zero-order valence-electron chi connectivity index (χ0n) is 11.6. The Morgan fingerprint density at radius 3 is 2.86 bits per heavy atom. The molecule has 0 spiro atoms. The molecule has 0 radical (unpaired) electrons. The van der Waals surface area contributed by atoms with Gasteiger partial charge in [0, 0.05) is 11.9 Å². The van der Waals surface area contributed by atoms with Crippen LogP contribution in [0, 0.1) is 0 Å². The maximum Gasteiger partial charge on any atom is 0.0924 e. The molecular weight excluding hydrogens is 260 g/mol. The van der Waals surface area contributed by atoms with Crippen LogP contribution in [0.4, 0.5) is 5.69 Å². The number of aromatic amines is 1. The number of aryl methyl sites for hydroxylation is 1. The van der Waals surface area contributed by atoms with E-state index in [9.17, 15) is 0 Å². The SMILES string of the molecule is c1cnc2c(c1)CCC2Nc1ccc(-c2cnc[nH]2)cc1. The maximum absolute atomic E-state index is 4.52. The summed E-state index contributed by atoms with van der Waals surface area (Å²) in [7, 11) is 0. The van der Waals surface area contributed by atoms with E-state index in [1.807, 2.05) is 18.5 Å². The van der Waals surface area contributed by atoms with Crippen molar-refractivity contribution in [3.8, 4) is 11.3 Å². The van der Waals surface area contributed by atoms with Crippen molar-refractivity contribution in [1.29, 1.82) is 0 Å². The first-order valence-corrected chi connectivity index (χ1v) is 7.19. The lowest BCUT2D eigenvalue weighted by atomic mass is 10.1. The molecule has 0 fully saturated rings. The second-order valence-corrected chi connectivity index (χ2v) is 5.33. The summed E-state index contributed by atoms with van der Waals surface area (Å²) in [4.78, 5) is 11.7. The summed E-state index contributed by atoms with van der Waals surface area (Å²) in [5.74, 6) is 0. The molecule has 3 aromatic rings. The van der Waals surface area contributed by atoms with Crippen LogP contribution in [-0.2, 0) is 6.42 Å². The van der Waals surface area contributed by atoms with Gasteiger partial charge in [0.2, 0.25) is 0 Å². The van der Waals surface area contributed by atoms with Gasteiger partial charge in [-0.3, -0.25) is 4.98 Å². The van der Waals surface area contributed by atoms with Crippen LogP contribution < -0.4 is 5.32 Å². The second-order valence-electron chi connectivity index (χ2n) is 5.33. The molecule has 0 aliphatic heterocycles. The maximum atomic E-state index is 4.52. The molecule has 4 heteroatoms. The smallest absolute Gasteiger partial charge is 0.0924 e. The van der Waals surface area contributed by atoms with Gasteiger partial charge in [-0.1, -0.05) is 18.2 Å². The van der Waals surface area contributed by atoms with Crippen molar-refractivity contribution in [2.75, 3.05) is 5.32 Å². The van der Waals surface area contributed by atoms with Crippen molar-refractivity contribution in [3.05, 3.63) is 66.4 Å². The fourth-order valence-electron chi connectivity index (χ4n) is 2.91. The topological polar surface area (TPSA) is 53.6 Å². The molecular formula is C17H16N4. The Labute approximate surface area is 123 Å². The number of imidazole rings is 1. The second kappa shape index (κ2) is 5.05. The average Bonchev–Trinajstić information content (AvgIpc) is 3.19. The fourth-order valence-corrected chi connectivity index (χ4v) is 2.91. The van der Waals surface area contributed by atoms with E-state index in [-0.39, 0.29) is 0 Å². The lowest BCUT2D eigenvalue weighted by Crippen LogP contribution is -2.08. The standard InChI is InChI=1S/C17H16N4/c1-2-13-5-8-15(17(13)19-9-1)21-14-6-3-12(4-7-14)16-10-18-11-20-16/h1-4,6-7,9-11,15,21H,5,8H2,(H,18,20). The Hall–Kier alpha value is -2.62. The zero-order valence-corrected chi connectivity index (χ0v) is 11.6. The van der Waals surface area contributed by atoms with Gasteiger partial charge in [-0.15, -0.1) is 0 Å². The molecule has 0 saturated heterocycles. The minimum Gasteiger partial charge on any atom is -0.377 e. The van der Waals surface area contributed by atoms with Crippen molar-refractivity contribution in [3.63, 3.8) is 0 Å². The Kier molecular flexibility index (Phi) is 2.92. The summed E-state index contributed by atoms with van der Waals surface area (Å²) in [5, 5.41) is 3.58. The van der Waals surface area contributed by atoms with E-state index in [2.05, 4.69) is 50.6 Å². The van der Waals surface area contributed by atoms with Gasteiger partial charge in [0.15, 0.2) is 0 Å². The molecule has 2 N–H and O–H groups in total. The van der Waals surface area contributed by atoms with E-state index >= 15 is 0 Å². The van der Waals surface area contributed by atoms with Gasteiger partial charge >= 0.3 is 0 Å². The van der Waals surface area contributed by atoms with Crippen LogP contribution in [0.15, 0.2) is 55.1 Å². The quantitative estimate of drug-likeness (QED) is 0.769. The minimum absolute atomic E-state index is 0.319. The predicted molar refractivity (Wildman–Crippen MR) is 82.9 cm³/mol. The van der Waals surface area contributed by atoms with Crippen LogP contribution in [0.5, 0.6) is 0 Å². The zero-order chi connectivity index (χ0) is 14.1. The molecule has 0 amide bonds. The van der Waals surface area contributed by atoms with Crippen LogP contribution in [0.1, 0.15) is 23.7 Å². The number of rotatable bonds is 3. The number of fused-ring (bicyclic) bond motifs is 1. The van der Waals surface area contributed by atoms with Gasteiger partial charge in [-0.2, -0.15) is 0 Å². The van der Waals surface area contributed by atoms with Crippen LogP contribution in [-0.4, -0.2) is 15.0 Å². The van der Waals surface area contributed by atoms with Crippen molar-refractivity contribution in [2.45, 2.75) is 18.9 Å². The Bertz CT molecular complexity index is 732. The lowest BCUT2D eigenvalue weighted by molar-refractivity contribution is 0.746. The highest BCUT2D eigenvalue weighted by Gasteiger charge is 2.23. The van der Waals surface area contributed by atoms with Crippen LogP contribution >= 0.6 is 0 Å². The molecule has 4 nitrogen and oxygen atoms in total. The van der Waals surface area contributed by atoms with Crippen LogP contribution in [0.2, 0.25) is 0 Å². The number of hydrogen-bond donors (Lipinski definition) is 2. The fraction of sp³-hybridized carbons (Fsp3) is 0.176. The Morgan fingerprint density at radius 1 is 1.14 bits per heavy atom. The number of aromatic nitrogens is 3. The molecule has 1 aliphatic rings. The molecule has 1 atom stereocenters. The van der Waals surface area contributed by atoms with E-state index in [0.29, 0.717) is 6.04 Å². The van der Waals surface area contributed by atoms with E-state index in [0.717, 1.165) is 29.8 Å². The van der Waals surface area contributed by atoms with E-state index < -0.39 is 0 Å². The molecule has 1 unspecified atom stereocenters. The van der Waals surface area contributed by atoms with Crippen molar-refractivity contribution < 1.29 is 0 Å². The monoisotopic (exact) mass is 276 g/mol. The van der Waals surface area contributed by atoms with Gasteiger partial charge in [-0.25, -0.2) is 4.98 Å². The number of benzene rings is 1. The van der Waals surface area contributed by atoms with Crippen molar-refractivity contribution >= 4 is 5.69 Å². The number of nitrogens with one attached hydrogen (secondary N) is 2. The summed E-state index contributed by atoms with van der Waals surface area (Å²) < 4.78 is 0. The third-order valence-electron chi connectivity index (χ3n) is 3.99. The molecule has 0 bridgehead atoms. The normalized spacial score (nSPS) is 16.7. The highest BCUT2D eigenvalue weighted by Crippen LogP contribution is 2.32. The summed E-state index contributed by atoms with van der Waals surface area (Å²) in [6, 6.07) is 12.9. The van der Waals surface area contributed by atoms with Gasteiger partial charge in [0.1, 0.15) is 0 Å². The van der Waals surface area contributed by atoms with Crippen LogP contribution in [0.3, 0.4) is 0 Å². The van der Waals surface area contributed by atoms with Gasteiger partial charge in [0.25, 0.3) is 0 Å². The van der Waals surface area contributed by atoms with E-state index in [4.69, 9.17) is 0 Å². The first-order chi connectivity index (χ1) is 10.4. The molecule has 1 aromatic carbocycles. The van der Waals surface area contributed by atoms with Crippen LogP contribution in [0.25, 0.3) is 11.3 Å². The largest absolute Gasteiger partial charge is 0.377 e. The average molecular weight is 276 g/mol. The molecule has 21 heavy (non-hydrogen) atoms. The molecule has 104 valence electrons.